The number of guanidine groups is 1. The number of likely N-dealkylation sites (N-methyl/N-ethyl adjacent to an activating group) is 1. The zero-order valence-corrected chi connectivity index (χ0v) is 10.3. The Morgan fingerprint density at radius 1 is 1.47 bits per heavy atom. The summed E-state index contributed by atoms with van der Waals surface area (Å²) in [5, 5.41) is 3.11. The van der Waals surface area contributed by atoms with Crippen molar-refractivity contribution in [2.75, 3.05) is 20.6 Å². The normalized spacial score (nSPS) is 19.7. The fourth-order valence-electron chi connectivity index (χ4n) is 1.75. The van der Waals surface area contributed by atoms with Crippen molar-refractivity contribution >= 4 is 5.96 Å². The summed E-state index contributed by atoms with van der Waals surface area (Å²) < 4.78 is 0. The van der Waals surface area contributed by atoms with Crippen molar-refractivity contribution in [3.63, 3.8) is 0 Å². The van der Waals surface area contributed by atoms with Crippen molar-refractivity contribution < 1.29 is 0 Å². The van der Waals surface area contributed by atoms with E-state index in [2.05, 4.69) is 43.2 Å². The van der Waals surface area contributed by atoms with Gasteiger partial charge in [0.15, 0.2) is 5.96 Å². The molecule has 3 N–H and O–H groups in total. The van der Waals surface area contributed by atoms with E-state index in [1.807, 2.05) is 0 Å². The fourth-order valence-corrected chi connectivity index (χ4v) is 1.75. The maximum atomic E-state index is 5.76. The summed E-state index contributed by atoms with van der Waals surface area (Å²) in [6.45, 7) is 4.93. The molecule has 1 unspecified atom stereocenters. The zero-order chi connectivity index (χ0) is 11.4. The van der Waals surface area contributed by atoms with Crippen LogP contribution in [0.4, 0.5) is 0 Å². The number of nitrogens with zero attached hydrogens (tertiary/aromatic N) is 2. The third-order valence-electron chi connectivity index (χ3n) is 2.71. The summed E-state index contributed by atoms with van der Waals surface area (Å²) in [6, 6.07) is 0.907. The van der Waals surface area contributed by atoms with Gasteiger partial charge in [-0.25, -0.2) is 0 Å². The molecule has 0 aromatic rings. The van der Waals surface area contributed by atoms with Gasteiger partial charge in [-0.1, -0.05) is 0 Å². The van der Waals surface area contributed by atoms with E-state index >= 15 is 0 Å². The maximum absolute atomic E-state index is 5.76. The van der Waals surface area contributed by atoms with Crippen molar-refractivity contribution in [3.05, 3.63) is 0 Å². The van der Waals surface area contributed by atoms with E-state index in [1.54, 1.807) is 0 Å². The molecule has 0 radical (unpaired) electrons. The SMILES string of the molecule is CC(C)NC(N)=NCC(C1CC1)N(C)C. The van der Waals surface area contributed by atoms with E-state index in [-0.39, 0.29) is 0 Å². The largest absolute Gasteiger partial charge is 0.370 e. The van der Waals surface area contributed by atoms with Crippen molar-refractivity contribution in [2.45, 2.75) is 38.8 Å². The van der Waals surface area contributed by atoms with Crippen LogP contribution in [-0.2, 0) is 0 Å². The molecule has 0 heterocycles. The highest BCUT2D eigenvalue weighted by Crippen LogP contribution is 2.34. The van der Waals surface area contributed by atoms with Gasteiger partial charge in [-0.05, 0) is 46.7 Å². The minimum Gasteiger partial charge on any atom is -0.370 e. The minimum absolute atomic E-state index is 0.354. The lowest BCUT2D eigenvalue weighted by Crippen LogP contribution is -2.39. The Kier molecular flexibility index (Phi) is 4.39. The number of hydrogen-bond acceptors (Lipinski definition) is 2. The van der Waals surface area contributed by atoms with Gasteiger partial charge in [-0.15, -0.1) is 0 Å². The predicted octanol–water partition coefficient (Wildman–Crippen LogP) is 0.639. The average Bonchev–Trinajstić information content (AvgIpc) is 2.86. The second kappa shape index (κ2) is 5.35. The summed E-state index contributed by atoms with van der Waals surface area (Å²) in [6.07, 6.45) is 2.69. The van der Waals surface area contributed by atoms with Crippen LogP contribution >= 0.6 is 0 Å². The predicted molar refractivity (Wildman–Crippen MR) is 65.0 cm³/mol. The third kappa shape index (κ3) is 4.51. The molecule has 15 heavy (non-hydrogen) atoms. The van der Waals surface area contributed by atoms with E-state index in [9.17, 15) is 0 Å². The monoisotopic (exact) mass is 212 g/mol. The molecule has 0 aliphatic heterocycles. The molecule has 0 aromatic carbocycles. The van der Waals surface area contributed by atoms with Gasteiger partial charge in [-0.3, -0.25) is 4.99 Å². The highest BCUT2D eigenvalue weighted by molar-refractivity contribution is 5.78. The molecule has 1 aliphatic carbocycles. The lowest BCUT2D eigenvalue weighted by molar-refractivity contribution is 0.271. The average molecular weight is 212 g/mol. The second-order valence-corrected chi connectivity index (χ2v) is 4.89. The van der Waals surface area contributed by atoms with Crippen molar-refractivity contribution in [2.24, 2.45) is 16.6 Å². The van der Waals surface area contributed by atoms with Gasteiger partial charge in [0.25, 0.3) is 0 Å². The van der Waals surface area contributed by atoms with Crippen LogP contribution in [-0.4, -0.2) is 43.6 Å². The molecule has 0 aromatic heterocycles. The Hall–Kier alpha value is -0.770. The first-order chi connectivity index (χ1) is 7.00. The van der Waals surface area contributed by atoms with Gasteiger partial charge in [0.1, 0.15) is 0 Å². The van der Waals surface area contributed by atoms with Crippen LogP contribution in [0.1, 0.15) is 26.7 Å². The Morgan fingerprint density at radius 3 is 2.47 bits per heavy atom. The molecular weight excluding hydrogens is 188 g/mol. The Bertz CT molecular complexity index is 217. The van der Waals surface area contributed by atoms with E-state index < -0.39 is 0 Å². The first-order valence-corrected chi connectivity index (χ1v) is 5.73. The Balaban J connectivity index is 2.37. The number of nitrogens with one attached hydrogen (secondary N) is 1. The minimum atomic E-state index is 0.354. The molecule has 1 rings (SSSR count). The second-order valence-electron chi connectivity index (χ2n) is 4.89. The number of hydrogen-bond donors (Lipinski definition) is 2. The van der Waals surface area contributed by atoms with Gasteiger partial charge in [-0.2, -0.15) is 0 Å². The lowest BCUT2D eigenvalue weighted by atomic mass is 10.2. The Morgan fingerprint density at radius 2 is 2.07 bits per heavy atom. The van der Waals surface area contributed by atoms with Crippen molar-refractivity contribution in [1.29, 1.82) is 0 Å². The maximum Gasteiger partial charge on any atom is 0.188 e. The quantitative estimate of drug-likeness (QED) is 0.519. The molecule has 1 fully saturated rings. The van der Waals surface area contributed by atoms with E-state index in [4.69, 9.17) is 5.73 Å². The van der Waals surface area contributed by atoms with Crippen molar-refractivity contribution in [3.8, 4) is 0 Å². The lowest BCUT2D eigenvalue weighted by Gasteiger charge is -2.22. The van der Waals surface area contributed by atoms with Crippen LogP contribution in [0.25, 0.3) is 0 Å². The highest BCUT2D eigenvalue weighted by Gasteiger charge is 2.32. The molecular formula is C11H24N4. The molecule has 88 valence electrons. The van der Waals surface area contributed by atoms with Gasteiger partial charge in [0.05, 0.1) is 6.54 Å². The van der Waals surface area contributed by atoms with E-state index in [0.717, 1.165) is 12.5 Å². The fraction of sp³-hybridized carbons (Fsp3) is 0.909. The van der Waals surface area contributed by atoms with Crippen LogP contribution in [0.15, 0.2) is 4.99 Å². The first-order valence-electron chi connectivity index (χ1n) is 5.73. The van der Waals surface area contributed by atoms with Crippen LogP contribution in [0.2, 0.25) is 0 Å². The van der Waals surface area contributed by atoms with Crippen LogP contribution in [0, 0.1) is 5.92 Å². The third-order valence-corrected chi connectivity index (χ3v) is 2.71. The topological polar surface area (TPSA) is 53.6 Å². The van der Waals surface area contributed by atoms with E-state index in [1.165, 1.54) is 12.8 Å². The number of nitrogens with two attached hydrogens (primary N) is 1. The molecule has 1 atom stereocenters. The van der Waals surface area contributed by atoms with Crippen LogP contribution in [0.3, 0.4) is 0 Å². The smallest absolute Gasteiger partial charge is 0.188 e. The van der Waals surface area contributed by atoms with Gasteiger partial charge >= 0.3 is 0 Å². The number of aliphatic imine (C=N–C) groups is 1. The molecule has 0 bridgehead atoms. The van der Waals surface area contributed by atoms with Crippen molar-refractivity contribution in [1.82, 2.24) is 10.2 Å². The summed E-state index contributed by atoms with van der Waals surface area (Å²) >= 11 is 0. The van der Waals surface area contributed by atoms with Crippen LogP contribution < -0.4 is 11.1 Å². The molecule has 1 saturated carbocycles. The van der Waals surface area contributed by atoms with Crippen LogP contribution in [0.5, 0.6) is 0 Å². The highest BCUT2D eigenvalue weighted by atomic mass is 15.2. The summed E-state index contributed by atoms with van der Waals surface area (Å²) in [4.78, 5) is 6.64. The van der Waals surface area contributed by atoms with E-state index in [0.29, 0.717) is 18.0 Å². The van der Waals surface area contributed by atoms with Gasteiger partial charge < -0.3 is 16.0 Å². The first kappa shape index (κ1) is 12.3. The Labute approximate surface area is 92.9 Å². The molecule has 4 heteroatoms. The molecule has 4 nitrogen and oxygen atoms in total. The summed E-state index contributed by atoms with van der Waals surface area (Å²) in [5.74, 6) is 1.40. The summed E-state index contributed by atoms with van der Waals surface area (Å²) in [5.41, 5.74) is 5.76. The standard InChI is InChI=1S/C11H24N4/c1-8(2)14-11(12)13-7-10(15(3)4)9-5-6-9/h8-10H,5-7H2,1-4H3,(H3,12,13,14). The summed E-state index contributed by atoms with van der Waals surface area (Å²) in [7, 11) is 4.23. The number of rotatable bonds is 5. The van der Waals surface area contributed by atoms with Gasteiger partial charge in [0.2, 0.25) is 0 Å². The van der Waals surface area contributed by atoms with Gasteiger partial charge in [0, 0.05) is 12.1 Å². The molecule has 0 saturated heterocycles. The zero-order valence-electron chi connectivity index (χ0n) is 10.3. The molecule has 0 spiro atoms. The molecule has 0 amide bonds. The molecule has 1 aliphatic rings.